The molecule has 1 aromatic carbocycles. The molecule has 1 saturated heterocycles. The van der Waals surface area contributed by atoms with E-state index in [0.29, 0.717) is 12.6 Å². The van der Waals surface area contributed by atoms with Crippen LogP contribution in [0.4, 0.5) is 0 Å². The van der Waals surface area contributed by atoms with E-state index < -0.39 is 5.97 Å². The van der Waals surface area contributed by atoms with Crippen LogP contribution in [0.3, 0.4) is 0 Å². The van der Waals surface area contributed by atoms with Gasteiger partial charge in [0.15, 0.2) is 11.5 Å². The van der Waals surface area contributed by atoms with Crippen LogP contribution in [-0.4, -0.2) is 49.3 Å². The first-order chi connectivity index (χ1) is 11.1. The highest BCUT2D eigenvalue weighted by atomic mass is 16.5. The minimum atomic E-state index is -0.714. The predicted molar refractivity (Wildman–Crippen MR) is 89.3 cm³/mol. The zero-order valence-corrected chi connectivity index (χ0v) is 14.1. The normalized spacial score (nSPS) is 18.6. The lowest BCUT2D eigenvalue weighted by molar-refractivity contribution is -0.137. The Balaban J connectivity index is 1.93. The number of carboxylic acids is 1. The standard InChI is InChI=1S/C18H27NO4/c1-22-16-9-7-14(13-17(16)23-2)6-8-15-5-3-4-11-19(15)12-10-18(20)21/h7,9,13,15H,3-6,8,10-12H2,1-2H3,(H,20,21). The summed E-state index contributed by atoms with van der Waals surface area (Å²) in [6, 6.07) is 6.53. The first kappa shape index (κ1) is 17.6. The maximum absolute atomic E-state index is 10.8. The van der Waals surface area contributed by atoms with E-state index >= 15 is 0 Å². The molecule has 1 aliphatic rings. The van der Waals surface area contributed by atoms with Gasteiger partial charge < -0.3 is 14.6 Å². The number of hydrogen-bond donors (Lipinski definition) is 1. The van der Waals surface area contributed by atoms with E-state index in [1.165, 1.54) is 18.4 Å². The summed E-state index contributed by atoms with van der Waals surface area (Å²) >= 11 is 0. The molecule has 0 aliphatic carbocycles. The molecule has 128 valence electrons. The average Bonchev–Trinajstić information content (AvgIpc) is 2.58. The minimum Gasteiger partial charge on any atom is -0.493 e. The molecule has 0 spiro atoms. The molecule has 1 aliphatic heterocycles. The second-order valence-corrected chi connectivity index (χ2v) is 6.06. The van der Waals surface area contributed by atoms with E-state index in [0.717, 1.165) is 37.3 Å². The van der Waals surface area contributed by atoms with E-state index in [1.807, 2.05) is 12.1 Å². The highest BCUT2D eigenvalue weighted by Crippen LogP contribution is 2.29. The Morgan fingerprint density at radius 1 is 1.26 bits per heavy atom. The van der Waals surface area contributed by atoms with Gasteiger partial charge in [-0.25, -0.2) is 0 Å². The minimum absolute atomic E-state index is 0.229. The first-order valence-corrected chi connectivity index (χ1v) is 8.30. The van der Waals surface area contributed by atoms with Gasteiger partial charge in [-0.2, -0.15) is 0 Å². The van der Waals surface area contributed by atoms with Gasteiger partial charge in [0.1, 0.15) is 0 Å². The smallest absolute Gasteiger partial charge is 0.304 e. The van der Waals surface area contributed by atoms with Crippen LogP contribution in [0.5, 0.6) is 11.5 Å². The van der Waals surface area contributed by atoms with Gasteiger partial charge in [-0.05, 0) is 49.9 Å². The lowest BCUT2D eigenvalue weighted by Gasteiger charge is -2.35. The molecule has 5 heteroatoms. The fourth-order valence-electron chi connectivity index (χ4n) is 3.29. The number of rotatable bonds is 8. The van der Waals surface area contributed by atoms with Gasteiger partial charge >= 0.3 is 5.97 Å². The summed E-state index contributed by atoms with van der Waals surface area (Å²) in [6.07, 6.45) is 5.82. The molecule has 1 atom stereocenters. The Bertz CT molecular complexity index is 518. The molecule has 0 aromatic heterocycles. The topological polar surface area (TPSA) is 59.0 Å². The summed E-state index contributed by atoms with van der Waals surface area (Å²) in [6.45, 7) is 1.68. The van der Waals surface area contributed by atoms with E-state index in [2.05, 4.69) is 11.0 Å². The third-order valence-corrected chi connectivity index (χ3v) is 4.58. The van der Waals surface area contributed by atoms with Crippen molar-refractivity contribution in [2.75, 3.05) is 27.3 Å². The molecular formula is C18H27NO4. The molecule has 2 rings (SSSR count). The number of hydrogen-bond acceptors (Lipinski definition) is 4. The second-order valence-electron chi connectivity index (χ2n) is 6.06. The Kier molecular flexibility index (Phi) is 6.71. The molecule has 1 N–H and O–H groups in total. The monoisotopic (exact) mass is 321 g/mol. The largest absolute Gasteiger partial charge is 0.493 e. The third-order valence-electron chi connectivity index (χ3n) is 4.58. The Morgan fingerprint density at radius 2 is 2.04 bits per heavy atom. The zero-order chi connectivity index (χ0) is 16.7. The van der Waals surface area contributed by atoms with Gasteiger partial charge in [-0.1, -0.05) is 12.5 Å². The number of carbonyl (C=O) groups is 1. The number of nitrogens with zero attached hydrogens (tertiary/aromatic N) is 1. The number of likely N-dealkylation sites (tertiary alicyclic amines) is 1. The van der Waals surface area contributed by atoms with Crippen molar-refractivity contribution >= 4 is 5.97 Å². The molecular weight excluding hydrogens is 294 g/mol. The third kappa shape index (κ3) is 5.13. The maximum Gasteiger partial charge on any atom is 0.304 e. The van der Waals surface area contributed by atoms with Crippen LogP contribution in [0.2, 0.25) is 0 Å². The molecule has 0 radical (unpaired) electrons. The van der Waals surface area contributed by atoms with Crippen LogP contribution < -0.4 is 9.47 Å². The number of benzene rings is 1. The van der Waals surface area contributed by atoms with Crippen molar-refractivity contribution in [3.05, 3.63) is 23.8 Å². The second kappa shape index (κ2) is 8.77. The SMILES string of the molecule is COc1ccc(CCC2CCCCN2CCC(=O)O)cc1OC. The summed E-state index contributed by atoms with van der Waals surface area (Å²) in [5, 5.41) is 8.89. The molecule has 1 aromatic rings. The van der Waals surface area contributed by atoms with Gasteiger partial charge in [-0.15, -0.1) is 0 Å². The lowest BCUT2D eigenvalue weighted by Crippen LogP contribution is -2.40. The quantitative estimate of drug-likeness (QED) is 0.798. The fourth-order valence-corrected chi connectivity index (χ4v) is 3.29. The molecule has 1 heterocycles. The Morgan fingerprint density at radius 3 is 2.74 bits per heavy atom. The van der Waals surface area contributed by atoms with Crippen molar-refractivity contribution in [2.45, 2.75) is 44.6 Å². The van der Waals surface area contributed by atoms with Crippen LogP contribution in [-0.2, 0) is 11.2 Å². The zero-order valence-electron chi connectivity index (χ0n) is 14.1. The molecule has 23 heavy (non-hydrogen) atoms. The van der Waals surface area contributed by atoms with Gasteiger partial charge in [0.25, 0.3) is 0 Å². The maximum atomic E-state index is 10.8. The van der Waals surface area contributed by atoms with Crippen LogP contribution in [0.15, 0.2) is 18.2 Å². The van der Waals surface area contributed by atoms with Crippen LogP contribution in [0.1, 0.15) is 37.7 Å². The summed E-state index contributed by atoms with van der Waals surface area (Å²) in [4.78, 5) is 13.2. The van der Waals surface area contributed by atoms with Gasteiger partial charge in [0.2, 0.25) is 0 Å². The van der Waals surface area contributed by atoms with Crippen molar-refractivity contribution < 1.29 is 19.4 Å². The summed E-state index contributed by atoms with van der Waals surface area (Å²) in [7, 11) is 3.29. The van der Waals surface area contributed by atoms with E-state index in [4.69, 9.17) is 14.6 Å². The van der Waals surface area contributed by atoms with Crippen molar-refractivity contribution in [1.29, 1.82) is 0 Å². The van der Waals surface area contributed by atoms with Crippen molar-refractivity contribution in [1.82, 2.24) is 4.90 Å². The fraction of sp³-hybridized carbons (Fsp3) is 0.611. The number of aliphatic carboxylic acids is 1. The first-order valence-electron chi connectivity index (χ1n) is 8.30. The molecule has 0 saturated carbocycles. The van der Waals surface area contributed by atoms with Crippen LogP contribution in [0.25, 0.3) is 0 Å². The van der Waals surface area contributed by atoms with E-state index in [1.54, 1.807) is 14.2 Å². The van der Waals surface area contributed by atoms with E-state index in [9.17, 15) is 4.79 Å². The summed E-state index contributed by atoms with van der Waals surface area (Å²) in [5.41, 5.74) is 1.23. The lowest BCUT2D eigenvalue weighted by atomic mass is 9.95. The van der Waals surface area contributed by atoms with Crippen LogP contribution in [0, 0.1) is 0 Å². The summed E-state index contributed by atoms with van der Waals surface area (Å²) in [5.74, 6) is 0.794. The highest BCUT2D eigenvalue weighted by molar-refractivity contribution is 5.66. The molecule has 5 nitrogen and oxygen atoms in total. The van der Waals surface area contributed by atoms with Crippen molar-refractivity contribution in [3.8, 4) is 11.5 Å². The summed E-state index contributed by atoms with van der Waals surface area (Å²) < 4.78 is 10.6. The van der Waals surface area contributed by atoms with Gasteiger partial charge in [0, 0.05) is 12.6 Å². The van der Waals surface area contributed by atoms with E-state index in [-0.39, 0.29) is 6.42 Å². The Labute approximate surface area is 138 Å². The number of carboxylic acid groups (broad SMARTS) is 1. The number of methoxy groups -OCH3 is 2. The number of aryl methyl sites for hydroxylation is 1. The molecule has 0 bridgehead atoms. The van der Waals surface area contributed by atoms with Crippen LogP contribution >= 0.6 is 0 Å². The van der Waals surface area contributed by atoms with Gasteiger partial charge in [0.05, 0.1) is 20.6 Å². The Hall–Kier alpha value is -1.75. The van der Waals surface area contributed by atoms with Gasteiger partial charge in [-0.3, -0.25) is 9.69 Å². The molecule has 1 unspecified atom stereocenters. The predicted octanol–water partition coefficient (Wildman–Crippen LogP) is 2.97. The number of ether oxygens (including phenoxy) is 2. The number of piperidine rings is 1. The van der Waals surface area contributed by atoms with Crippen molar-refractivity contribution in [2.24, 2.45) is 0 Å². The van der Waals surface area contributed by atoms with Crippen molar-refractivity contribution in [3.63, 3.8) is 0 Å². The average molecular weight is 321 g/mol. The molecule has 1 fully saturated rings. The highest BCUT2D eigenvalue weighted by Gasteiger charge is 2.22. The molecule has 0 amide bonds.